The van der Waals surface area contributed by atoms with Gasteiger partial charge in [0.2, 0.25) is 0 Å². The van der Waals surface area contributed by atoms with Gasteiger partial charge < -0.3 is 10.0 Å². The minimum absolute atomic E-state index is 0.404. The minimum atomic E-state index is -0.404. The number of hydrogen-bond donors (Lipinski definition) is 1. The highest BCUT2D eigenvalue weighted by atomic mass is 79.9. The molecule has 1 aliphatic rings. The zero-order valence-corrected chi connectivity index (χ0v) is 12.1. The first-order chi connectivity index (χ1) is 8.09. The SMILES string of the molecule is CC(O)c1ccc(N2CCCCC2C)c(Br)c1. The van der Waals surface area contributed by atoms with Crippen molar-refractivity contribution in [3.63, 3.8) is 0 Å². The second kappa shape index (κ2) is 5.40. The van der Waals surface area contributed by atoms with Crippen LogP contribution in [0.5, 0.6) is 0 Å². The summed E-state index contributed by atoms with van der Waals surface area (Å²) in [5.74, 6) is 0. The van der Waals surface area contributed by atoms with Crippen molar-refractivity contribution in [2.24, 2.45) is 0 Å². The molecule has 1 aliphatic heterocycles. The maximum atomic E-state index is 9.57. The molecule has 2 nitrogen and oxygen atoms in total. The fourth-order valence-electron chi connectivity index (χ4n) is 2.47. The summed E-state index contributed by atoms with van der Waals surface area (Å²) in [5.41, 5.74) is 2.21. The standard InChI is InChI=1S/C14H20BrNO/c1-10-5-3-4-8-16(10)14-7-6-12(11(2)17)9-13(14)15/h6-7,9-11,17H,3-5,8H2,1-2H3. The van der Waals surface area contributed by atoms with Crippen molar-refractivity contribution in [3.8, 4) is 0 Å². The molecule has 0 bridgehead atoms. The van der Waals surface area contributed by atoms with E-state index in [4.69, 9.17) is 0 Å². The predicted octanol–water partition coefficient (Wildman–Crippen LogP) is 3.88. The smallest absolute Gasteiger partial charge is 0.0762 e. The van der Waals surface area contributed by atoms with E-state index in [-0.39, 0.29) is 0 Å². The summed E-state index contributed by atoms with van der Waals surface area (Å²) in [6, 6.07) is 6.78. The van der Waals surface area contributed by atoms with Crippen LogP contribution in [0.15, 0.2) is 22.7 Å². The number of aliphatic hydroxyl groups is 1. The van der Waals surface area contributed by atoms with Gasteiger partial charge in [0.1, 0.15) is 0 Å². The normalized spacial score (nSPS) is 22.6. The van der Waals surface area contributed by atoms with Crippen molar-refractivity contribution >= 4 is 21.6 Å². The number of rotatable bonds is 2. The molecule has 2 atom stereocenters. The minimum Gasteiger partial charge on any atom is -0.389 e. The number of nitrogens with zero attached hydrogens (tertiary/aromatic N) is 1. The molecule has 2 rings (SSSR count). The lowest BCUT2D eigenvalue weighted by molar-refractivity contribution is 0.199. The summed E-state index contributed by atoms with van der Waals surface area (Å²) >= 11 is 3.63. The molecule has 94 valence electrons. The third-order valence-corrected chi connectivity index (χ3v) is 4.20. The fraction of sp³-hybridized carbons (Fsp3) is 0.571. The molecule has 1 fully saturated rings. The molecule has 1 N–H and O–H groups in total. The number of anilines is 1. The summed E-state index contributed by atoms with van der Waals surface area (Å²) in [7, 11) is 0. The van der Waals surface area contributed by atoms with Crippen LogP contribution in [0.1, 0.15) is 44.8 Å². The Balaban J connectivity index is 2.26. The Morgan fingerprint density at radius 1 is 1.41 bits per heavy atom. The number of hydrogen-bond acceptors (Lipinski definition) is 2. The summed E-state index contributed by atoms with van der Waals surface area (Å²) in [6.45, 7) is 5.22. The molecule has 1 saturated heterocycles. The highest BCUT2D eigenvalue weighted by Gasteiger charge is 2.20. The maximum Gasteiger partial charge on any atom is 0.0762 e. The number of piperidine rings is 1. The van der Waals surface area contributed by atoms with Gasteiger partial charge in [-0.1, -0.05) is 6.07 Å². The van der Waals surface area contributed by atoms with Crippen molar-refractivity contribution in [2.75, 3.05) is 11.4 Å². The van der Waals surface area contributed by atoms with Gasteiger partial charge in [0, 0.05) is 17.1 Å². The molecule has 0 aromatic heterocycles. The summed E-state index contributed by atoms with van der Waals surface area (Å²) in [4.78, 5) is 2.46. The monoisotopic (exact) mass is 297 g/mol. The van der Waals surface area contributed by atoms with E-state index in [1.807, 2.05) is 12.1 Å². The summed E-state index contributed by atoms with van der Waals surface area (Å²) < 4.78 is 1.09. The largest absolute Gasteiger partial charge is 0.389 e. The molecule has 0 aliphatic carbocycles. The predicted molar refractivity (Wildman–Crippen MR) is 75.4 cm³/mol. The van der Waals surface area contributed by atoms with E-state index in [2.05, 4.69) is 33.8 Å². The molecule has 0 radical (unpaired) electrons. The Bertz CT molecular complexity index is 392. The quantitative estimate of drug-likeness (QED) is 0.895. The molecule has 1 aromatic rings. The van der Waals surface area contributed by atoms with Crippen LogP contribution < -0.4 is 4.90 Å². The van der Waals surface area contributed by atoms with E-state index >= 15 is 0 Å². The number of benzene rings is 1. The third kappa shape index (κ3) is 2.83. The molecule has 2 unspecified atom stereocenters. The van der Waals surface area contributed by atoms with Gasteiger partial charge in [-0.3, -0.25) is 0 Å². The van der Waals surface area contributed by atoms with Gasteiger partial charge in [-0.25, -0.2) is 0 Å². The van der Waals surface area contributed by atoms with E-state index in [1.165, 1.54) is 24.9 Å². The average Bonchev–Trinajstić information content (AvgIpc) is 2.30. The molecule has 1 heterocycles. The average molecular weight is 298 g/mol. The lowest BCUT2D eigenvalue weighted by atomic mass is 10.0. The van der Waals surface area contributed by atoms with Gasteiger partial charge in [-0.15, -0.1) is 0 Å². The number of halogens is 1. The van der Waals surface area contributed by atoms with Crippen LogP contribution in [0.4, 0.5) is 5.69 Å². The molecular formula is C14H20BrNO. The van der Waals surface area contributed by atoms with Crippen LogP contribution in [-0.2, 0) is 0 Å². The molecule has 17 heavy (non-hydrogen) atoms. The van der Waals surface area contributed by atoms with Gasteiger partial charge in [0.25, 0.3) is 0 Å². The van der Waals surface area contributed by atoms with Crippen molar-refractivity contribution in [3.05, 3.63) is 28.2 Å². The molecule has 1 aromatic carbocycles. The Kier molecular flexibility index (Phi) is 4.10. The Hall–Kier alpha value is -0.540. The van der Waals surface area contributed by atoms with Crippen molar-refractivity contribution in [1.29, 1.82) is 0 Å². The maximum absolute atomic E-state index is 9.57. The molecular weight excluding hydrogens is 278 g/mol. The van der Waals surface area contributed by atoms with Gasteiger partial charge >= 0.3 is 0 Å². The molecule has 0 spiro atoms. The fourth-order valence-corrected chi connectivity index (χ4v) is 3.10. The van der Waals surface area contributed by atoms with E-state index in [0.29, 0.717) is 6.04 Å². The second-order valence-corrected chi connectivity index (χ2v) is 5.78. The van der Waals surface area contributed by atoms with Gasteiger partial charge in [-0.05, 0) is 66.7 Å². The van der Waals surface area contributed by atoms with Crippen LogP contribution in [-0.4, -0.2) is 17.7 Å². The molecule has 3 heteroatoms. The van der Waals surface area contributed by atoms with Crippen molar-refractivity contribution in [2.45, 2.75) is 45.3 Å². The van der Waals surface area contributed by atoms with E-state index in [1.54, 1.807) is 6.92 Å². The Morgan fingerprint density at radius 2 is 2.18 bits per heavy atom. The Morgan fingerprint density at radius 3 is 2.76 bits per heavy atom. The van der Waals surface area contributed by atoms with Crippen LogP contribution in [0, 0.1) is 0 Å². The second-order valence-electron chi connectivity index (χ2n) is 4.93. The van der Waals surface area contributed by atoms with Gasteiger partial charge in [0.15, 0.2) is 0 Å². The Labute approximate surface area is 112 Å². The third-order valence-electron chi connectivity index (χ3n) is 3.57. The first kappa shape index (κ1) is 12.9. The highest BCUT2D eigenvalue weighted by Crippen LogP contribution is 2.33. The summed E-state index contributed by atoms with van der Waals surface area (Å²) in [5, 5.41) is 9.57. The summed E-state index contributed by atoms with van der Waals surface area (Å²) in [6.07, 6.45) is 3.47. The molecule has 0 saturated carbocycles. The lowest BCUT2D eigenvalue weighted by Crippen LogP contribution is -2.37. The zero-order valence-electron chi connectivity index (χ0n) is 10.5. The first-order valence-electron chi connectivity index (χ1n) is 6.33. The zero-order chi connectivity index (χ0) is 12.4. The van der Waals surface area contributed by atoms with E-state index < -0.39 is 6.10 Å². The van der Waals surface area contributed by atoms with Crippen LogP contribution in [0.25, 0.3) is 0 Å². The van der Waals surface area contributed by atoms with Crippen LogP contribution in [0.3, 0.4) is 0 Å². The van der Waals surface area contributed by atoms with Crippen molar-refractivity contribution < 1.29 is 5.11 Å². The van der Waals surface area contributed by atoms with E-state index in [9.17, 15) is 5.11 Å². The number of aliphatic hydroxyl groups excluding tert-OH is 1. The van der Waals surface area contributed by atoms with Crippen LogP contribution in [0.2, 0.25) is 0 Å². The van der Waals surface area contributed by atoms with Crippen molar-refractivity contribution in [1.82, 2.24) is 0 Å². The van der Waals surface area contributed by atoms with Gasteiger partial charge in [-0.2, -0.15) is 0 Å². The lowest BCUT2D eigenvalue weighted by Gasteiger charge is -2.36. The van der Waals surface area contributed by atoms with Crippen LogP contribution >= 0.6 is 15.9 Å². The van der Waals surface area contributed by atoms with E-state index in [0.717, 1.165) is 16.6 Å². The van der Waals surface area contributed by atoms with Gasteiger partial charge in [0.05, 0.1) is 11.8 Å². The highest BCUT2D eigenvalue weighted by molar-refractivity contribution is 9.10. The molecule has 0 amide bonds. The first-order valence-corrected chi connectivity index (χ1v) is 7.13. The topological polar surface area (TPSA) is 23.5 Å².